The first-order valence-electron chi connectivity index (χ1n) is 3.80. The van der Waals surface area contributed by atoms with Gasteiger partial charge in [-0.05, 0) is 6.92 Å². The molecule has 1 N–H and O–H groups in total. The Kier molecular flexibility index (Phi) is 8.42. The smallest absolute Gasteiger partial charge is 0.744 e. The van der Waals surface area contributed by atoms with Crippen LogP contribution in [0, 0.1) is 0 Å². The summed E-state index contributed by atoms with van der Waals surface area (Å²) in [5, 5.41) is 6.62. The maximum absolute atomic E-state index is 10.5. The van der Waals surface area contributed by atoms with Crippen LogP contribution in [-0.2, 0) is 14.9 Å². The first kappa shape index (κ1) is 17.0. The Hall–Kier alpha value is 0.570. The molecule has 0 aliphatic carbocycles. The molecule has 0 aliphatic rings. The molecule has 0 aromatic heterocycles. The Labute approximate surface area is 106 Å². The number of allylic oxidation sites excluding steroid dienone is 1. The van der Waals surface area contributed by atoms with Gasteiger partial charge in [0.2, 0.25) is 0 Å². The Bertz CT molecular complexity index is 274. The van der Waals surface area contributed by atoms with Crippen LogP contribution in [-0.4, -0.2) is 29.8 Å². The topological polar surface area (TPSA) is 86.7 Å². The minimum Gasteiger partial charge on any atom is -0.744 e. The molecule has 0 aromatic carbocycles. The van der Waals surface area contributed by atoms with Crippen LogP contribution in [0.3, 0.4) is 0 Å². The third-order valence-corrected chi connectivity index (χ3v) is 2.67. The van der Waals surface area contributed by atoms with Crippen LogP contribution in [0.5, 0.6) is 0 Å². The van der Waals surface area contributed by atoms with Gasteiger partial charge in [-0.3, -0.25) is 0 Å². The summed E-state index contributed by atoms with van der Waals surface area (Å²) < 4.78 is 36.1. The molecular formula is C7H13NaO5S. The fourth-order valence-electron chi connectivity index (χ4n) is 0.626. The third-order valence-electron chi connectivity index (χ3n) is 1.48. The molecule has 0 amide bonds. The van der Waals surface area contributed by atoms with E-state index in [2.05, 4.69) is 4.74 Å². The van der Waals surface area contributed by atoms with E-state index in [1.165, 1.54) is 13.0 Å². The minimum atomic E-state index is -4.85. The van der Waals surface area contributed by atoms with Crippen molar-refractivity contribution < 1.29 is 52.4 Å². The molecule has 0 heterocycles. The van der Waals surface area contributed by atoms with E-state index in [0.717, 1.165) is 0 Å². The Balaban J connectivity index is 0. The summed E-state index contributed by atoms with van der Waals surface area (Å²) in [5.74, 6) is 0. The van der Waals surface area contributed by atoms with Gasteiger partial charge >= 0.3 is 29.6 Å². The Morgan fingerprint density at radius 1 is 1.57 bits per heavy atom. The summed E-state index contributed by atoms with van der Waals surface area (Å²) in [6, 6.07) is 0. The summed E-state index contributed by atoms with van der Waals surface area (Å²) in [6.07, 6.45) is 2.82. The Morgan fingerprint density at radius 3 is 2.36 bits per heavy atom. The van der Waals surface area contributed by atoms with E-state index >= 15 is 0 Å². The van der Waals surface area contributed by atoms with E-state index in [-0.39, 0.29) is 42.6 Å². The SMILES string of the molecule is CC=CCOC(O)(CC)S(=O)(=O)[O-].[Na+]. The number of hydrogen-bond donors (Lipinski definition) is 1. The van der Waals surface area contributed by atoms with Gasteiger partial charge < -0.3 is 14.4 Å². The van der Waals surface area contributed by atoms with Gasteiger partial charge in [-0.2, -0.15) is 0 Å². The standard InChI is InChI=1S/C7H14O5S.Na/c1-3-5-6-12-7(8,4-2)13(9,10)11;/h3,5,8H,4,6H2,1-2H3,(H,9,10,11);/q;+1/p-1. The van der Waals surface area contributed by atoms with Crippen LogP contribution in [0.15, 0.2) is 12.2 Å². The first-order valence-corrected chi connectivity index (χ1v) is 5.21. The van der Waals surface area contributed by atoms with E-state index < -0.39 is 15.2 Å². The summed E-state index contributed by atoms with van der Waals surface area (Å²) in [4.78, 5) is 0. The number of aliphatic hydroxyl groups is 1. The van der Waals surface area contributed by atoms with E-state index in [4.69, 9.17) is 0 Å². The fourth-order valence-corrected chi connectivity index (χ4v) is 1.19. The van der Waals surface area contributed by atoms with Crippen LogP contribution < -0.4 is 29.6 Å². The molecule has 78 valence electrons. The molecule has 7 heteroatoms. The van der Waals surface area contributed by atoms with E-state index in [1.54, 1.807) is 13.0 Å². The largest absolute Gasteiger partial charge is 1.00 e. The first-order chi connectivity index (χ1) is 5.87. The van der Waals surface area contributed by atoms with Gasteiger partial charge in [-0.25, -0.2) is 8.42 Å². The van der Waals surface area contributed by atoms with E-state index in [1.807, 2.05) is 0 Å². The van der Waals surface area contributed by atoms with Crippen molar-refractivity contribution in [1.29, 1.82) is 0 Å². The van der Waals surface area contributed by atoms with Gasteiger partial charge in [0, 0.05) is 6.42 Å². The van der Waals surface area contributed by atoms with Crippen molar-refractivity contribution in [3.05, 3.63) is 12.2 Å². The van der Waals surface area contributed by atoms with Gasteiger partial charge in [-0.1, -0.05) is 19.1 Å². The van der Waals surface area contributed by atoms with Crippen LogP contribution in [0.1, 0.15) is 20.3 Å². The zero-order chi connectivity index (χ0) is 10.5. The van der Waals surface area contributed by atoms with Gasteiger partial charge in [-0.15, -0.1) is 0 Å². The number of hydrogen-bond acceptors (Lipinski definition) is 5. The van der Waals surface area contributed by atoms with Crippen LogP contribution in [0.4, 0.5) is 0 Å². The number of rotatable bonds is 5. The molecule has 0 aliphatic heterocycles. The average Bonchev–Trinajstić information content (AvgIpc) is 2.02. The monoisotopic (exact) mass is 232 g/mol. The molecule has 0 aromatic rings. The number of ether oxygens (including phenoxy) is 1. The summed E-state index contributed by atoms with van der Waals surface area (Å²) in [5.41, 5.74) is 0. The summed E-state index contributed by atoms with van der Waals surface area (Å²) >= 11 is 0. The van der Waals surface area contributed by atoms with Crippen molar-refractivity contribution in [3.8, 4) is 0 Å². The fraction of sp³-hybridized carbons (Fsp3) is 0.714. The van der Waals surface area contributed by atoms with Crippen molar-refractivity contribution in [2.45, 2.75) is 25.4 Å². The predicted octanol–water partition coefficient (Wildman–Crippen LogP) is -2.82. The molecule has 0 rings (SSSR count). The van der Waals surface area contributed by atoms with Crippen molar-refractivity contribution in [2.24, 2.45) is 0 Å². The molecule has 0 spiro atoms. The Morgan fingerprint density at radius 2 is 2.07 bits per heavy atom. The summed E-state index contributed by atoms with van der Waals surface area (Å²) in [6.45, 7) is 2.95. The molecule has 0 radical (unpaired) electrons. The quantitative estimate of drug-likeness (QED) is 0.239. The van der Waals surface area contributed by atoms with Gasteiger partial charge in [0.1, 0.15) is 0 Å². The van der Waals surface area contributed by atoms with E-state index in [9.17, 15) is 18.1 Å². The molecule has 0 saturated heterocycles. The van der Waals surface area contributed by atoms with Crippen molar-refractivity contribution in [1.82, 2.24) is 0 Å². The molecule has 0 fully saturated rings. The predicted molar refractivity (Wildman–Crippen MR) is 45.7 cm³/mol. The molecule has 1 unspecified atom stereocenters. The van der Waals surface area contributed by atoms with Crippen LogP contribution in [0.25, 0.3) is 0 Å². The zero-order valence-electron chi connectivity index (χ0n) is 8.56. The molecule has 0 saturated carbocycles. The van der Waals surface area contributed by atoms with Crippen molar-refractivity contribution in [2.75, 3.05) is 6.61 Å². The minimum absolute atomic E-state index is 0. The van der Waals surface area contributed by atoms with Gasteiger partial charge in [0.25, 0.3) is 5.12 Å². The third kappa shape index (κ3) is 4.88. The zero-order valence-corrected chi connectivity index (χ0v) is 11.4. The molecule has 1 atom stereocenters. The van der Waals surface area contributed by atoms with Crippen molar-refractivity contribution >= 4 is 10.1 Å². The van der Waals surface area contributed by atoms with Gasteiger partial charge in [0.05, 0.1) is 6.61 Å². The maximum Gasteiger partial charge on any atom is 1.00 e. The maximum atomic E-state index is 10.5. The molecule has 5 nitrogen and oxygen atoms in total. The second-order valence-corrected chi connectivity index (χ2v) is 3.95. The molecule has 14 heavy (non-hydrogen) atoms. The summed E-state index contributed by atoms with van der Waals surface area (Å²) in [7, 11) is -4.85. The van der Waals surface area contributed by atoms with E-state index in [0.29, 0.717) is 0 Å². The second-order valence-electron chi connectivity index (χ2n) is 2.40. The normalized spacial score (nSPS) is 16.3. The van der Waals surface area contributed by atoms with Gasteiger partial charge in [0.15, 0.2) is 10.1 Å². The molecular weight excluding hydrogens is 219 g/mol. The molecule has 0 bridgehead atoms. The van der Waals surface area contributed by atoms with Crippen LogP contribution >= 0.6 is 0 Å². The second kappa shape index (κ2) is 6.95. The van der Waals surface area contributed by atoms with Crippen LogP contribution in [0.2, 0.25) is 0 Å². The average molecular weight is 232 g/mol. The van der Waals surface area contributed by atoms with Crippen molar-refractivity contribution in [3.63, 3.8) is 0 Å².